The summed E-state index contributed by atoms with van der Waals surface area (Å²) < 4.78 is 23.5. The van der Waals surface area contributed by atoms with E-state index in [4.69, 9.17) is 0 Å². The predicted molar refractivity (Wildman–Crippen MR) is 69.8 cm³/mol. The molecule has 0 aromatic heterocycles. The number of hydrogen-bond acceptors (Lipinski definition) is 4. The van der Waals surface area contributed by atoms with E-state index in [-0.39, 0.29) is 23.0 Å². The second kappa shape index (κ2) is 5.57. The molecular formula is C12H22N2O3S. The molecule has 2 rings (SSSR count). The highest BCUT2D eigenvalue weighted by Crippen LogP contribution is 2.22. The Balaban J connectivity index is 1.90. The zero-order valence-corrected chi connectivity index (χ0v) is 11.7. The third-order valence-electron chi connectivity index (χ3n) is 3.87. The van der Waals surface area contributed by atoms with Crippen LogP contribution in [0, 0.1) is 0 Å². The lowest BCUT2D eigenvalue weighted by molar-refractivity contribution is -0.129. The minimum Gasteiger partial charge on any atom is -0.327 e. The summed E-state index contributed by atoms with van der Waals surface area (Å²) in [6.07, 6.45) is 4.39. The molecule has 5 nitrogen and oxygen atoms in total. The van der Waals surface area contributed by atoms with Crippen LogP contribution in [0.4, 0.5) is 0 Å². The molecular weight excluding hydrogens is 252 g/mol. The lowest BCUT2D eigenvalue weighted by Crippen LogP contribution is -2.37. The average Bonchev–Trinajstić information content (AvgIpc) is 2.83. The standard InChI is InChI=1S/C12H22N2O3S/c1-2-3-6-11-12(15)14(9-13-11)8-10-5-4-7-18(10,16)17/h10-11,13H,2-9H2,1H3. The number of carbonyl (C=O) groups excluding carboxylic acids is 1. The number of carbonyl (C=O) groups is 1. The second-order valence-electron chi connectivity index (χ2n) is 5.25. The maximum atomic E-state index is 12.1. The topological polar surface area (TPSA) is 66.5 Å². The van der Waals surface area contributed by atoms with Crippen molar-refractivity contribution in [2.45, 2.75) is 50.3 Å². The summed E-state index contributed by atoms with van der Waals surface area (Å²) in [6.45, 7) is 2.97. The van der Waals surface area contributed by atoms with Gasteiger partial charge in [0.1, 0.15) is 0 Å². The van der Waals surface area contributed by atoms with Crippen molar-refractivity contribution in [3.63, 3.8) is 0 Å². The maximum Gasteiger partial charge on any atom is 0.240 e. The molecule has 0 radical (unpaired) electrons. The van der Waals surface area contributed by atoms with Gasteiger partial charge < -0.3 is 4.90 Å². The fourth-order valence-electron chi connectivity index (χ4n) is 2.70. The smallest absolute Gasteiger partial charge is 0.240 e. The van der Waals surface area contributed by atoms with Gasteiger partial charge in [0.25, 0.3) is 0 Å². The molecule has 2 heterocycles. The third kappa shape index (κ3) is 2.85. The Morgan fingerprint density at radius 1 is 1.44 bits per heavy atom. The largest absolute Gasteiger partial charge is 0.327 e. The lowest BCUT2D eigenvalue weighted by atomic mass is 10.1. The van der Waals surface area contributed by atoms with Gasteiger partial charge in [-0.1, -0.05) is 19.8 Å². The highest BCUT2D eigenvalue weighted by Gasteiger charge is 2.37. The monoisotopic (exact) mass is 274 g/mol. The zero-order valence-electron chi connectivity index (χ0n) is 10.9. The molecule has 0 saturated carbocycles. The van der Waals surface area contributed by atoms with Crippen LogP contribution in [0.1, 0.15) is 39.0 Å². The Labute approximate surface area is 109 Å². The average molecular weight is 274 g/mol. The summed E-state index contributed by atoms with van der Waals surface area (Å²) in [6, 6.07) is -0.103. The van der Waals surface area contributed by atoms with E-state index in [2.05, 4.69) is 12.2 Å². The van der Waals surface area contributed by atoms with Crippen molar-refractivity contribution in [1.82, 2.24) is 10.2 Å². The van der Waals surface area contributed by atoms with E-state index in [1.54, 1.807) is 4.90 Å². The molecule has 18 heavy (non-hydrogen) atoms. The summed E-state index contributed by atoms with van der Waals surface area (Å²) in [7, 11) is -2.95. The van der Waals surface area contributed by atoms with Crippen molar-refractivity contribution in [3.8, 4) is 0 Å². The Kier molecular flexibility index (Phi) is 4.27. The summed E-state index contributed by atoms with van der Waals surface area (Å²) in [5.74, 6) is 0.359. The summed E-state index contributed by atoms with van der Waals surface area (Å²) in [5.41, 5.74) is 0. The normalized spacial score (nSPS) is 31.2. The fourth-order valence-corrected chi connectivity index (χ4v) is 4.54. The maximum absolute atomic E-state index is 12.1. The van der Waals surface area contributed by atoms with Gasteiger partial charge >= 0.3 is 0 Å². The van der Waals surface area contributed by atoms with Crippen LogP contribution in [0.15, 0.2) is 0 Å². The molecule has 2 saturated heterocycles. The first kappa shape index (κ1) is 13.8. The number of unbranched alkanes of at least 4 members (excludes halogenated alkanes) is 1. The van der Waals surface area contributed by atoms with Crippen molar-refractivity contribution in [1.29, 1.82) is 0 Å². The van der Waals surface area contributed by atoms with E-state index in [0.29, 0.717) is 19.6 Å². The molecule has 0 aromatic carbocycles. The van der Waals surface area contributed by atoms with Crippen LogP contribution in [0.25, 0.3) is 0 Å². The van der Waals surface area contributed by atoms with Crippen LogP contribution in [0.2, 0.25) is 0 Å². The quantitative estimate of drug-likeness (QED) is 0.793. The fraction of sp³-hybridized carbons (Fsp3) is 0.917. The van der Waals surface area contributed by atoms with E-state index in [0.717, 1.165) is 25.7 Å². The molecule has 2 unspecified atom stereocenters. The van der Waals surface area contributed by atoms with E-state index in [1.165, 1.54) is 0 Å². The Hall–Kier alpha value is -0.620. The second-order valence-corrected chi connectivity index (χ2v) is 7.65. The molecule has 0 aliphatic carbocycles. The number of sulfone groups is 1. The minimum atomic E-state index is -2.95. The molecule has 2 atom stereocenters. The molecule has 6 heteroatoms. The van der Waals surface area contributed by atoms with E-state index in [9.17, 15) is 13.2 Å². The Bertz CT molecular complexity index is 408. The van der Waals surface area contributed by atoms with Gasteiger partial charge in [-0.25, -0.2) is 8.42 Å². The highest BCUT2D eigenvalue weighted by molar-refractivity contribution is 7.92. The number of nitrogens with zero attached hydrogens (tertiary/aromatic N) is 1. The van der Waals surface area contributed by atoms with Crippen molar-refractivity contribution in [2.24, 2.45) is 0 Å². The molecule has 2 aliphatic heterocycles. The van der Waals surface area contributed by atoms with Crippen LogP contribution in [0.5, 0.6) is 0 Å². The van der Waals surface area contributed by atoms with Gasteiger partial charge in [-0.3, -0.25) is 10.1 Å². The number of rotatable bonds is 5. The molecule has 0 spiro atoms. The SMILES string of the molecule is CCCCC1NCN(CC2CCCS2(=O)=O)C1=O. The van der Waals surface area contributed by atoms with Crippen LogP contribution in [0.3, 0.4) is 0 Å². The molecule has 2 fully saturated rings. The summed E-state index contributed by atoms with van der Waals surface area (Å²) in [5, 5.41) is 2.83. The van der Waals surface area contributed by atoms with Crippen molar-refractivity contribution >= 4 is 15.7 Å². The van der Waals surface area contributed by atoms with Crippen LogP contribution < -0.4 is 5.32 Å². The summed E-state index contributed by atoms with van der Waals surface area (Å²) >= 11 is 0. The van der Waals surface area contributed by atoms with Crippen LogP contribution in [-0.4, -0.2) is 49.5 Å². The van der Waals surface area contributed by atoms with E-state index < -0.39 is 9.84 Å². The third-order valence-corrected chi connectivity index (χ3v) is 6.13. The van der Waals surface area contributed by atoms with Crippen LogP contribution in [-0.2, 0) is 14.6 Å². The van der Waals surface area contributed by atoms with Crippen molar-refractivity contribution < 1.29 is 13.2 Å². The number of nitrogens with one attached hydrogen (secondary N) is 1. The molecule has 1 N–H and O–H groups in total. The molecule has 0 aromatic rings. The molecule has 1 amide bonds. The van der Waals surface area contributed by atoms with Gasteiger partial charge in [0, 0.05) is 6.54 Å². The van der Waals surface area contributed by atoms with Crippen LogP contribution >= 0.6 is 0 Å². The van der Waals surface area contributed by atoms with Gasteiger partial charge in [-0.05, 0) is 19.3 Å². The Morgan fingerprint density at radius 2 is 2.22 bits per heavy atom. The van der Waals surface area contributed by atoms with Crippen molar-refractivity contribution in [3.05, 3.63) is 0 Å². The summed E-state index contributed by atoms with van der Waals surface area (Å²) in [4.78, 5) is 13.8. The number of amides is 1. The van der Waals surface area contributed by atoms with Gasteiger partial charge in [-0.2, -0.15) is 0 Å². The first-order chi connectivity index (χ1) is 8.54. The van der Waals surface area contributed by atoms with Gasteiger partial charge in [0.2, 0.25) is 5.91 Å². The number of hydrogen-bond donors (Lipinski definition) is 1. The Morgan fingerprint density at radius 3 is 2.83 bits per heavy atom. The van der Waals surface area contributed by atoms with E-state index >= 15 is 0 Å². The predicted octanol–water partition coefficient (Wildman–Crippen LogP) is 0.512. The van der Waals surface area contributed by atoms with Gasteiger partial charge in [-0.15, -0.1) is 0 Å². The lowest BCUT2D eigenvalue weighted by Gasteiger charge is -2.19. The first-order valence-corrected chi connectivity index (χ1v) is 8.50. The van der Waals surface area contributed by atoms with Gasteiger partial charge in [0.05, 0.1) is 23.7 Å². The van der Waals surface area contributed by atoms with Crippen molar-refractivity contribution in [2.75, 3.05) is 19.0 Å². The molecule has 104 valence electrons. The minimum absolute atomic E-state index is 0.0746. The van der Waals surface area contributed by atoms with Gasteiger partial charge in [0.15, 0.2) is 9.84 Å². The first-order valence-electron chi connectivity index (χ1n) is 6.78. The molecule has 0 bridgehead atoms. The molecule has 2 aliphatic rings. The van der Waals surface area contributed by atoms with E-state index in [1.807, 2.05) is 0 Å². The highest BCUT2D eigenvalue weighted by atomic mass is 32.2. The zero-order chi connectivity index (χ0) is 13.2.